The van der Waals surface area contributed by atoms with E-state index in [-0.39, 0.29) is 30.5 Å². The Kier molecular flexibility index (Phi) is 7.06. The molecular formula is C22H26N2O6S. The van der Waals surface area contributed by atoms with Crippen LogP contribution in [0.4, 0.5) is 5.69 Å². The summed E-state index contributed by atoms with van der Waals surface area (Å²) in [6.07, 6.45) is 3.95. The number of nitrogens with zero attached hydrogens (tertiary/aromatic N) is 2. The minimum atomic E-state index is -3.76. The molecule has 0 aliphatic heterocycles. The topological polar surface area (TPSA) is 93.2 Å². The molecule has 0 radical (unpaired) electrons. The van der Waals surface area contributed by atoms with Gasteiger partial charge in [-0.05, 0) is 44.2 Å². The summed E-state index contributed by atoms with van der Waals surface area (Å²) < 4.78 is 39.7. The third-order valence-electron chi connectivity index (χ3n) is 4.73. The lowest BCUT2D eigenvalue weighted by molar-refractivity contribution is 0.0684. The van der Waals surface area contributed by atoms with Gasteiger partial charge in [0, 0.05) is 30.4 Å². The van der Waals surface area contributed by atoms with Gasteiger partial charge in [-0.1, -0.05) is 6.07 Å². The molecule has 1 amide bonds. The molecule has 0 spiro atoms. The highest BCUT2D eigenvalue weighted by Gasteiger charge is 2.23. The number of carbonyl (C=O) groups is 1. The van der Waals surface area contributed by atoms with Crippen LogP contribution >= 0.6 is 0 Å². The molecule has 0 aliphatic rings. The van der Waals surface area contributed by atoms with Gasteiger partial charge >= 0.3 is 10.1 Å². The Morgan fingerprint density at radius 2 is 1.71 bits per heavy atom. The zero-order valence-electron chi connectivity index (χ0n) is 17.8. The first kappa shape index (κ1) is 22.5. The number of amides is 1. The predicted molar refractivity (Wildman–Crippen MR) is 116 cm³/mol. The summed E-state index contributed by atoms with van der Waals surface area (Å²) >= 11 is 0. The smallest absolute Gasteiger partial charge is 0.306 e. The van der Waals surface area contributed by atoms with Crippen molar-refractivity contribution in [2.75, 3.05) is 24.2 Å². The van der Waals surface area contributed by atoms with E-state index in [9.17, 15) is 13.2 Å². The molecule has 31 heavy (non-hydrogen) atoms. The van der Waals surface area contributed by atoms with Gasteiger partial charge in [0.2, 0.25) is 0 Å². The lowest BCUT2D eigenvalue weighted by atomic mass is 10.1. The first-order valence-corrected chi connectivity index (χ1v) is 11.7. The van der Waals surface area contributed by atoms with Crippen LogP contribution < -0.4 is 9.08 Å². The quantitative estimate of drug-likeness (QED) is 0.436. The number of rotatable bonds is 10. The first-order valence-electron chi connectivity index (χ1n) is 9.93. The van der Waals surface area contributed by atoms with Gasteiger partial charge in [-0.15, -0.1) is 0 Å². The second-order valence-electron chi connectivity index (χ2n) is 6.97. The van der Waals surface area contributed by atoms with Crippen molar-refractivity contribution in [3.05, 3.63) is 72.1 Å². The van der Waals surface area contributed by atoms with Crippen molar-refractivity contribution in [2.45, 2.75) is 26.9 Å². The summed E-state index contributed by atoms with van der Waals surface area (Å²) in [4.78, 5) is 16.6. The van der Waals surface area contributed by atoms with E-state index in [0.29, 0.717) is 11.3 Å². The molecule has 0 atom stereocenters. The van der Waals surface area contributed by atoms with E-state index in [0.717, 1.165) is 25.0 Å². The van der Waals surface area contributed by atoms with Crippen LogP contribution in [0, 0.1) is 0 Å². The van der Waals surface area contributed by atoms with Crippen molar-refractivity contribution >= 4 is 21.7 Å². The Bertz CT molecular complexity index is 1090. The summed E-state index contributed by atoms with van der Waals surface area (Å²) in [5, 5.41) is 0. The molecule has 0 aliphatic carbocycles. The SMILES string of the molecule is CCN(CC)c1ccc(CN(Cc2ccco2)C(=O)c2ccco2)c(OS(C)(=O)=O)c1. The number of hydrogen-bond donors (Lipinski definition) is 0. The molecule has 0 unspecified atom stereocenters. The van der Waals surface area contributed by atoms with Crippen LogP contribution in [0.3, 0.4) is 0 Å². The molecule has 166 valence electrons. The fraction of sp³-hybridized carbons (Fsp3) is 0.318. The molecule has 0 bridgehead atoms. The zero-order chi connectivity index (χ0) is 22.4. The van der Waals surface area contributed by atoms with Crippen molar-refractivity contribution in [2.24, 2.45) is 0 Å². The number of carbonyl (C=O) groups excluding carboxylic acids is 1. The van der Waals surface area contributed by atoms with Gasteiger partial charge in [0.05, 0.1) is 31.9 Å². The molecule has 0 saturated heterocycles. The number of hydrogen-bond acceptors (Lipinski definition) is 7. The molecule has 0 fully saturated rings. The molecule has 3 aromatic rings. The summed E-state index contributed by atoms with van der Waals surface area (Å²) in [5.74, 6) is 0.602. The summed E-state index contributed by atoms with van der Waals surface area (Å²) in [6, 6.07) is 12.1. The van der Waals surface area contributed by atoms with Crippen LogP contribution in [-0.2, 0) is 23.2 Å². The van der Waals surface area contributed by atoms with Gasteiger partial charge in [0.25, 0.3) is 5.91 Å². The highest BCUT2D eigenvalue weighted by Crippen LogP contribution is 2.29. The van der Waals surface area contributed by atoms with Crippen molar-refractivity contribution in [3.63, 3.8) is 0 Å². The Labute approximate surface area is 182 Å². The minimum absolute atomic E-state index is 0.101. The van der Waals surface area contributed by atoms with Crippen molar-refractivity contribution in [3.8, 4) is 5.75 Å². The van der Waals surface area contributed by atoms with E-state index >= 15 is 0 Å². The van der Waals surface area contributed by atoms with Gasteiger partial charge < -0.3 is 22.8 Å². The third kappa shape index (κ3) is 5.91. The maximum absolute atomic E-state index is 13.0. The molecule has 0 saturated carbocycles. The molecule has 9 heteroatoms. The Balaban J connectivity index is 1.97. The monoisotopic (exact) mass is 446 g/mol. The molecule has 0 N–H and O–H groups in total. The van der Waals surface area contributed by atoms with Crippen LogP contribution in [0.2, 0.25) is 0 Å². The van der Waals surface area contributed by atoms with Crippen molar-refractivity contribution < 1.29 is 26.2 Å². The zero-order valence-corrected chi connectivity index (χ0v) is 18.6. The van der Waals surface area contributed by atoms with Gasteiger partial charge in [0.15, 0.2) is 5.76 Å². The highest BCUT2D eigenvalue weighted by molar-refractivity contribution is 7.86. The van der Waals surface area contributed by atoms with Crippen LogP contribution in [0.15, 0.2) is 63.8 Å². The second-order valence-corrected chi connectivity index (χ2v) is 8.54. The lowest BCUT2D eigenvalue weighted by Gasteiger charge is -2.25. The molecule has 8 nitrogen and oxygen atoms in total. The molecule has 2 aromatic heterocycles. The van der Waals surface area contributed by atoms with E-state index < -0.39 is 10.1 Å². The standard InChI is InChI=1S/C22H26N2O6S/c1-4-23(5-2)18-11-10-17(21(14-18)30-31(3,26)27)15-24(16-19-8-6-12-28-19)22(25)20-9-7-13-29-20/h6-14H,4-5,15-16H2,1-3H3. The van der Waals surface area contributed by atoms with Crippen LogP contribution in [0.25, 0.3) is 0 Å². The third-order valence-corrected chi connectivity index (χ3v) is 5.21. The van der Waals surface area contributed by atoms with Crippen LogP contribution in [0.5, 0.6) is 5.75 Å². The van der Waals surface area contributed by atoms with Gasteiger partial charge in [-0.2, -0.15) is 8.42 Å². The van der Waals surface area contributed by atoms with E-state index in [4.69, 9.17) is 13.0 Å². The molecular weight excluding hydrogens is 420 g/mol. The largest absolute Gasteiger partial charge is 0.467 e. The molecule has 2 heterocycles. The molecule has 3 rings (SSSR count). The fourth-order valence-corrected chi connectivity index (χ4v) is 3.73. The van der Waals surface area contributed by atoms with Crippen molar-refractivity contribution in [1.29, 1.82) is 0 Å². The summed E-state index contributed by atoms with van der Waals surface area (Å²) in [6.45, 7) is 5.83. The summed E-state index contributed by atoms with van der Waals surface area (Å²) in [5.41, 5.74) is 1.38. The Hall–Kier alpha value is -3.20. The lowest BCUT2D eigenvalue weighted by Crippen LogP contribution is -2.30. The fourth-order valence-electron chi connectivity index (χ4n) is 3.25. The summed E-state index contributed by atoms with van der Waals surface area (Å²) in [7, 11) is -3.76. The van der Waals surface area contributed by atoms with Crippen molar-refractivity contribution in [1.82, 2.24) is 4.90 Å². The predicted octanol–water partition coefficient (Wildman–Crippen LogP) is 3.90. The van der Waals surface area contributed by atoms with E-state index in [1.165, 1.54) is 17.4 Å². The normalized spacial score (nSPS) is 11.3. The first-order chi connectivity index (χ1) is 14.8. The van der Waals surface area contributed by atoms with Gasteiger partial charge in [-0.3, -0.25) is 4.79 Å². The van der Waals surface area contributed by atoms with E-state index in [2.05, 4.69) is 4.90 Å². The van der Waals surface area contributed by atoms with E-state index in [1.54, 1.807) is 36.4 Å². The number of benzene rings is 1. The Morgan fingerprint density at radius 1 is 1.00 bits per heavy atom. The average molecular weight is 447 g/mol. The molecule has 1 aromatic carbocycles. The second kappa shape index (κ2) is 9.74. The van der Waals surface area contributed by atoms with E-state index in [1.807, 2.05) is 19.9 Å². The average Bonchev–Trinajstić information content (AvgIpc) is 3.42. The number of anilines is 1. The Morgan fingerprint density at radius 3 is 2.29 bits per heavy atom. The maximum atomic E-state index is 13.0. The minimum Gasteiger partial charge on any atom is -0.467 e. The highest BCUT2D eigenvalue weighted by atomic mass is 32.2. The number of furan rings is 2. The maximum Gasteiger partial charge on any atom is 0.306 e. The van der Waals surface area contributed by atoms with Gasteiger partial charge in [-0.25, -0.2) is 0 Å². The van der Waals surface area contributed by atoms with Crippen LogP contribution in [0.1, 0.15) is 35.7 Å². The van der Waals surface area contributed by atoms with Crippen LogP contribution in [-0.4, -0.2) is 38.6 Å². The van der Waals surface area contributed by atoms with Gasteiger partial charge in [0.1, 0.15) is 11.5 Å².